The van der Waals surface area contributed by atoms with Gasteiger partial charge in [-0.3, -0.25) is 4.79 Å². The van der Waals surface area contributed by atoms with Gasteiger partial charge in [0.2, 0.25) is 0 Å². The van der Waals surface area contributed by atoms with Gasteiger partial charge in [0.05, 0.1) is 0 Å². The lowest BCUT2D eigenvalue weighted by atomic mass is 10.2. The molecule has 1 N–H and O–H groups in total. The van der Waals surface area contributed by atoms with Crippen molar-refractivity contribution >= 4 is 5.91 Å². The summed E-state index contributed by atoms with van der Waals surface area (Å²) in [6.07, 6.45) is 4.32. The van der Waals surface area contributed by atoms with Gasteiger partial charge < -0.3 is 14.7 Å². The first-order valence-corrected chi connectivity index (χ1v) is 7.28. The Morgan fingerprint density at radius 2 is 2.37 bits per heavy atom. The zero-order valence-corrected chi connectivity index (χ0v) is 11.4. The SMILES string of the molecule is CCCN(C(=O)c1cc(C2CC2)on1)C1CCNC1. The smallest absolute Gasteiger partial charge is 0.276 e. The van der Waals surface area contributed by atoms with Gasteiger partial charge in [-0.15, -0.1) is 0 Å². The van der Waals surface area contributed by atoms with Crippen molar-refractivity contribution in [2.75, 3.05) is 19.6 Å². The Bertz CT molecular complexity index is 447. The second-order valence-corrected chi connectivity index (χ2v) is 5.53. The van der Waals surface area contributed by atoms with Crippen molar-refractivity contribution in [2.24, 2.45) is 0 Å². The minimum Gasteiger partial charge on any atom is -0.360 e. The summed E-state index contributed by atoms with van der Waals surface area (Å²) < 4.78 is 5.29. The third-order valence-electron chi connectivity index (χ3n) is 3.93. The molecule has 104 valence electrons. The third-order valence-corrected chi connectivity index (χ3v) is 3.93. The van der Waals surface area contributed by atoms with Crippen LogP contribution in [0.1, 0.15) is 54.8 Å². The largest absolute Gasteiger partial charge is 0.360 e. The third kappa shape index (κ3) is 2.66. The molecule has 5 heteroatoms. The summed E-state index contributed by atoms with van der Waals surface area (Å²) >= 11 is 0. The van der Waals surface area contributed by atoms with E-state index in [1.165, 1.54) is 0 Å². The summed E-state index contributed by atoms with van der Waals surface area (Å²) in [6, 6.07) is 2.14. The minimum absolute atomic E-state index is 0.0196. The molecular weight excluding hydrogens is 242 g/mol. The van der Waals surface area contributed by atoms with Crippen LogP contribution in [0.15, 0.2) is 10.6 Å². The molecule has 0 spiro atoms. The van der Waals surface area contributed by atoms with Crippen LogP contribution in [0, 0.1) is 0 Å². The molecule has 1 amide bonds. The van der Waals surface area contributed by atoms with Crippen molar-refractivity contribution in [1.82, 2.24) is 15.4 Å². The fourth-order valence-corrected chi connectivity index (χ4v) is 2.69. The highest BCUT2D eigenvalue weighted by molar-refractivity contribution is 5.92. The average molecular weight is 263 g/mol. The van der Waals surface area contributed by atoms with Gasteiger partial charge >= 0.3 is 0 Å². The molecule has 5 nitrogen and oxygen atoms in total. The summed E-state index contributed by atoms with van der Waals surface area (Å²) in [5.74, 6) is 1.40. The molecule has 1 unspecified atom stereocenters. The Labute approximate surface area is 113 Å². The predicted molar refractivity (Wildman–Crippen MR) is 71.1 cm³/mol. The van der Waals surface area contributed by atoms with E-state index in [9.17, 15) is 4.79 Å². The van der Waals surface area contributed by atoms with Crippen molar-refractivity contribution in [1.29, 1.82) is 0 Å². The highest BCUT2D eigenvalue weighted by Gasteiger charge is 2.32. The fourth-order valence-electron chi connectivity index (χ4n) is 2.69. The van der Waals surface area contributed by atoms with E-state index in [0.717, 1.165) is 51.1 Å². The molecule has 0 radical (unpaired) electrons. The van der Waals surface area contributed by atoms with Crippen molar-refractivity contribution in [3.05, 3.63) is 17.5 Å². The average Bonchev–Trinajstić information content (AvgIpc) is 2.96. The molecule has 1 aliphatic carbocycles. The van der Waals surface area contributed by atoms with Gasteiger partial charge in [0.25, 0.3) is 5.91 Å². The number of nitrogens with one attached hydrogen (secondary N) is 1. The number of carbonyl (C=O) groups excluding carboxylic acids is 1. The van der Waals surface area contributed by atoms with E-state index in [4.69, 9.17) is 4.52 Å². The van der Waals surface area contributed by atoms with E-state index in [0.29, 0.717) is 17.7 Å². The molecule has 3 rings (SSSR count). The molecule has 2 heterocycles. The van der Waals surface area contributed by atoms with Crippen LogP contribution in [-0.2, 0) is 0 Å². The molecule has 0 aromatic carbocycles. The first-order chi connectivity index (χ1) is 9.29. The Kier molecular flexibility index (Phi) is 3.55. The Balaban J connectivity index is 1.73. The quantitative estimate of drug-likeness (QED) is 0.879. The molecule has 1 saturated heterocycles. The second-order valence-electron chi connectivity index (χ2n) is 5.53. The van der Waals surface area contributed by atoms with Gasteiger partial charge in [-0.1, -0.05) is 12.1 Å². The van der Waals surface area contributed by atoms with Crippen LogP contribution in [0.3, 0.4) is 0 Å². The van der Waals surface area contributed by atoms with Crippen molar-refractivity contribution < 1.29 is 9.32 Å². The van der Waals surface area contributed by atoms with Gasteiger partial charge in [0, 0.05) is 31.1 Å². The Hall–Kier alpha value is -1.36. The van der Waals surface area contributed by atoms with Crippen LogP contribution in [0.2, 0.25) is 0 Å². The Morgan fingerprint density at radius 1 is 1.53 bits per heavy atom. The number of amides is 1. The topological polar surface area (TPSA) is 58.4 Å². The molecule has 1 aromatic rings. The fraction of sp³-hybridized carbons (Fsp3) is 0.714. The van der Waals surface area contributed by atoms with E-state index in [1.54, 1.807) is 0 Å². The van der Waals surface area contributed by atoms with Crippen LogP contribution < -0.4 is 5.32 Å². The number of hydrogen-bond acceptors (Lipinski definition) is 4. The summed E-state index contributed by atoms with van der Waals surface area (Å²) in [5.41, 5.74) is 0.474. The second kappa shape index (κ2) is 5.33. The molecule has 1 aliphatic heterocycles. The highest BCUT2D eigenvalue weighted by Crippen LogP contribution is 2.40. The van der Waals surface area contributed by atoms with Gasteiger partial charge in [-0.2, -0.15) is 0 Å². The van der Waals surface area contributed by atoms with Crippen LogP contribution in [0.4, 0.5) is 0 Å². The minimum atomic E-state index is 0.0196. The molecule has 2 aliphatic rings. The van der Waals surface area contributed by atoms with Crippen LogP contribution in [0.25, 0.3) is 0 Å². The van der Waals surface area contributed by atoms with E-state index >= 15 is 0 Å². The maximum Gasteiger partial charge on any atom is 0.276 e. The molecule has 1 aromatic heterocycles. The lowest BCUT2D eigenvalue weighted by Gasteiger charge is -2.27. The van der Waals surface area contributed by atoms with Crippen molar-refractivity contribution in [3.63, 3.8) is 0 Å². The normalized spacial score (nSPS) is 22.7. The summed E-state index contributed by atoms with van der Waals surface area (Å²) in [4.78, 5) is 14.5. The molecule has 1 atom stereocenters. The summed E-state index contributed by atoms with van der Waals surface area (Å²) in [5, 5.41) is 7.28. The first-order valence-electron chi connectivity index (χ1n) is 7.28. The molecule has 2 fully saturated rings. The number of hydrogen-bond donors (Lipinski definition) is 1. The maximum atomic E-state index is 12.6. The van der Waals surface area contributed by atoms with Gasteiger partial charge in [0.1, 0.15) is 5.76 Å². The highest BCUT2D eigenvalue weighted by atomic mass is 16.5. The zero-order valence-electron chi connectivity index (χ0n) is 11.4. The molecular formula is C14H21N3O2. The van der Waals surface area contributed by atoms with Gasteiger partial charge in [-0.25, -0.2) is 0 Å². The number of nitrogens with zero attached hydrogens (tertiary/aromatic N) is 2. The maximum absolute atomic E-state index is 12.6. The first kappa shape index (κ1) is 12.7. The summed E-state index contributed by atoms with van der Waals surface area (Å²) in [7, 11) is 0. The van der Waals surface area contributed by atoms with Crippen molar-refractivity contribution in [2.45, 2.75) is 44.6 Å². The summed E-state index contributed by atoms with van der Waals surface area (Å²) in [6.45, 7) is 4.77. The lowest BCUT2D eigenvalue weighted by molar-refractivity contribution is 0.0681. The molecule has 0 bridgehead atoms. The predicted octanol–water partition coefficient (Wildman–Crippen LogP) is 1.77. The monoisotopic (exact) mass is 263 g/mol. The number of carbonyl (C=O) groups is 1. The van der Waals surface area contributed by atoms with Crippen LogP contribution in [0.5, 0.6) is 0 Å². The van der Waals surface area contributed by atoms with Crippen molar-refractivity contribution in [3.8, 4) is 0 Å². The standard InChI is InChI=1S/C14H21N3O2/c1-2-7-17(11-5-6-15-9-11)14(18)12-8-13(19-16-12)10-3-4-10/h8,10-11,15H,2-7,9H2,1H3. The van der Waals surface area contributed by atoms with Gasteiger partial charge in [0.15, 0.2) is 5.69 Å². The van der Waals surface area contributed by atoms with E-state index in [2.05, 4.69) is 17.4 Å². The lowest BCUT2D eigenvalue weighted by Crippen LogP contribution is -2.42. The zero-order chi connectivity index (χ0) is 13.2. The number of aromatic nitrogens is 1. The van der Waals surface area contributed by atoms with E-state index < -0.39 is 0 Å². The van der Waals surface area contributed by atoms with Gasteiger partial charge in [-0.05, 0) is 32.2 Å². The van der Waals surface area contributed by atoms with E-state index in [-0.39, 0.29) is 5.91 Å². The van der Waals surface area contributed by atoms with E-state index in [1.807, 2.05) is 11.0 Å². The Morgan fingerprint density at radius 3 is 3.00 bits per heavy atom. The molecule has 19 heavy (non-hydrogen) atoms. The van der Waals surface area contributed by atoms with Crippen LogP contribution in [-0.4, -0.2) is 41.6 Å². The molecule has 1 saturated carbocycles. The number of rotatable bonds is 5. The van der Waals surface area contributed by atoms with Crippen LogP contribution >= 0.6 is 0 Å².